The van der Waals surface area contributed by atoms with Crippen molar-refractivity contribution in [2.45, 2.75) is 19.4 Å². The summed E-state index contributed by atoms with van der Waals surface area (Å²) in [6.45, 7) is 1.72. The standard InChI is InChI=1S/C11H15N3O2/c1-8(7-10(12)15)13-11(16)14-9-5-3-2-4-6-9/h2-6,8H,7H2,1H3,(H2,12,15)(H2,13,14,16)/t8-/m1/s1. The molecule has 1 atom stereocenters. The second kappa shape index (κ2) is 5.75. The summed E-state index contributed by atoms with van der Waals surface area (Å²) in [4.78, 5) is 22.0. The van der Waals surface area contributed by atoms with Crippen molar-refractivity contribution in [1.82, 2.24) is 5.32 Å². The number of nitrogens with two attached hydrogens (primary N) is 1. The van der Waals surface area contributed by atoms with E-state index < -0.39 is 5.91 Å². The highest BCUT2D eigenvalue weighted by molar-refractivity contribution is 5.89. The number of nitrogens with one attached hydrogen (secondary N) is 2. The molecule has 86 valence electrons. The maximum Gasteiger partial charge on any atom is 0.319 e. The summed E-state index contributed by atoms with van der Waals surface area (Å²) in [5, 5.41) is 5.25. The highest BCUT2D eigenvalue weighted by atomic mass is 16.2. The molecule has 0 aliphatic rings. The van der Waals surface area contributed by atoms with Crippen LogP contribution in [0.3, 0.4) is 0 Å². The van der Waals surface area contributed by atoms with E-state index in [1.807, 2.05) is 18.2 Å². The Morgan fingerprint density at radius 3 is 2.50 bits per heavy atom. The van der Waals surface area contributed by atoms with E-state index >= 15 is 0 Å². The fraction of sp³-hybridized carbons (Fsp3) is 0.273. The molecule has 0 saturated heterocycles. The van der Waals surface area contributed by atoms with Gasteiger partial charge in [0.2, 0.25) is 5.91 Å². The molecular formula is C11H15N3O2. The van der Waals surface area contributed by atoms with Crippen LogP contribution in [0.2, 0.25) is 0 Å². The maximum absolute atomic E-state index is 11.4. The van der Waals surface area contributed by atoms with Crippen molar-refractivity contribution in [2.24, 2.45) is 5.73 Å². The monoisotopic (exact) mass is 221 g/mol. The Kier molecular flexibility index (Phi) is 4.32. The predicted octanol–water partition coefficient (Wildman–Crippen LogP) is 1.07. The summed E-state index contributed by atoms with van der Waals surface area (Å²) in [5.41, 5.74) is 5.71. The van der Waals surface area contributed by atoms with E-state index in [9.17, 15) is 9.59 Å². The first-order valence-corrected chi connectivity index (χ1v) is 4.99. The molecule has 0 fully saturated rings. The molecule has 1 aromatic rings. The number of rotatable bonds is 4. The second-order valence-corrected chi connectivity index (χ2v) is 3.54. The van der Waals surface area contributed by atoms with Gasteiger partial charge in [0.15, 0.2) is 0 Å². The fourth-order valence-corrected chi connectivity index (χ4v) is 1.27. The zero-order chi connectivity index (χ0) is 12.0. The van der Waals surface area contributed by atoms with Gasteiger partial charge in [0, 0.05) is 18.2 Å². The number of hydrogen-bond acceptors (Lipinski definition) is 2. The molecule has 0 radical (unpaired) electrons. The van der Waals surface area contributed by atoms with Crippen LogP contribution >= 0.6 is 0 Å². The molecule has 0 aromatic heterocycles. The average Bonchev–Trinajstić information content (AvgIpc) is 2.17. The predicted molar refractivity (Wildman–Crippen MR) is 61.9 cm³/mol. The van der Waals surface area contributed by atoms with Gasteiger partial charge in [-0.3, -0.25) is 4.79 Å². The lowest BCUT2D eigenvalue weighted by Gasteiger charge is -2.12. The molecule has 16 heavy (non-hydrogen) atoms. The van der Waals surface area contributed by atoms with Gasteiger partial charge in [0.25, 0.3) is 0 Å². The average molecular weight is 221 g/mol. The van der Waals surface area contributed by atoms with Crippen molar-refractivity contribution in [3.05, 3.63) is 30.3 Å². The number of urea groups is 1. The Balaban J connectivity index is 2.39. The quantitative estimate of drug-likeness (QED) is 0.710. The highest BCUT2D eigenvalue weighted by Gasteiger charge is 2.09. The first-order chi connectivity index (χ1) is 7.58. The first kappa shape index (κ1) is 12.0. The van der Waals surface area contributed by atoms with Crippen LogP contribution in [0.4, 0.5) is 10.5 Å². The zero-order valence-electron chi connectivity index (χ0n) is 9.07. The van der Waals surface area contributed by atoms with E-state index in [1.165, 1.54) is 0 Å². The van der Waals surface area contributed by atoms with Gasteiger partial charge in [-0.1, -0.05) is 18.2 Å². The third-order valence-corrected chi connectivity index (χ3v) is 1.92. The molecule has 5 heteroatoms. The van der Waals surface area contributed by atoms with Crippen LogP contribution in [0, 0.1) is 0 Å². The van der Waals surface area contributed by atoms with E-state index in [0.717, 1.165) is 0 Å². The summed E-state index contributed by atoms with van der Waals surface area (Å²) >= 11 is 0. The molecule has 1 aromatic carbocycles. The molecule has 3 amide bonds. The van der Waals surface area contributed by atoms with Gasteiger partial charge in [0.1, 0.15) is 0 Å². The Morgan fingerprint density at radius 1 is 1.31 bits per heavy atom. The lowest BCUT2D eigenvalue weighted by molar-refractivity contribution is -0.118. The molecule has 1 rings (SSSR count). The van der Waals surface area contributed by atoms with Gasteiger partial charge in [-0.2, -0.15) is 0 Å². The number of carbonyl (C=O) groups is 2. The zero-order valence-corrected chi connectivity index (χ0v) is 9.07. The van der Waals surface area contributed by atoms with E-state index in [2.05, 4.69) is 10.6 Å². The Labute approximate surface area is 94.0 Å². The SMILES string of the molecule is C[C@H](CC(N)=O)NC(=O)Nc1ccccc1. The number of anilines is 1. The van der Waals surface area contributed by atoms with E-state index in [0.29, 0.717) is 5.69 Å². The summed E-state index contributed by atoms with van der Waals surface area (Å²) in [7, 11) is 0. The fourth-order valence-electron chi connectivity index (χ4n) is 1.27. The third-order valence-electron chi connectivity index (χ3n) is 1.92. The van der Waals surface area contributed by atoms with E-state index in [1.54, 1.807) is 19.1 Å². The summed E-state index contributed by atoms with van der Waals surface area (Å²) in [6.07, 6.45) is 0.127. The normalized spacial score (nSPS) is 11.6. The molecule has 0 bridgehead atoms. The molecule has 0 aliphatic heterocycles. The van der Waals surface area contributed by atoms with Crippen molar-refractivity contribution in [1.29, 1.82) is 0 Å². The van der Waals surface area contributed by atoms with Gasteiger partial charge in [-0.05, 0) is 19.1 Å². The Bertz CT molecular complexity index is 365. The minimum Gasteiger partial charge on any atom is -0.370 e. The van der Waals surface area contributed by atoms with E-state index in [4.69, 9.17) is 5.73 Å². The number of carbonyl (C=O) groups excluding carboxylic acids is 2. The van der Waals surface area contributed by atoms with Crippen molar-refractivity contribution in [3.8, 4) is 0 Å². The van der Waals surface area contributed by atoms with Crippen LogP contribution in [0.1, 0.15) is 13.3 Å². The van der Waals surface area contributed by atoms with Crippen molar-refractivity contribution < 1.29 is 9.59 Å². The lowest BCUT2D eigenvalue weighted by atomic mass is 10.2. The van der Waals surface area contributed by atoms with Gasteiger partial charge < -0.3 is 16.4 Å². The van der Waals surface area contributed by atoms with Crippen LogP contribution in [0.25, 0.3) is 0 Å². The van der Waals surface area contributed by atoms with Crippen LogP contribution < -0.4 is 16.4 Å². The molecule has 0 saturated carbocycles. The second-order valence-electron chi connectivity index (χ2n) is 3.54. The third kappa shape index (κ3) is 4.45. The van der Waals surface area contributed by atoms with E-state index in [-0.39, 0.29) is 18.5 Å². The van der Waals surface area contributed by atoms with Gasteiger partial charge in [-0.15, -0.1) is 0 Å². The molecule has 0 unspecified atom stereocenters. The van der Waals surface area contributed by atoms with Gasteiger partial charge >= 0.3 is 6.03 Å². The van der Waals surface area contributed by atoms with Crippen LogP contribution in [0.15, 0.2) is 30.3 Å². The molecule has 4 N–H and O–H groups in total. The van der Waals surface area contributed by atoms with Crippen molar-refractivity contribution >= 4 is 17.6 Å². The molecule has 0 aliphatic carbocycles. The summed E-state index contributed by atoms with van der Waals surface area (Å²) < 4.78 is 0. The first-order valence-electron chi connectivity index (χ1n) is 4.99. The van der Waals surface area contributed by atoms with Gasteiger partial charge in [0.05, 0.1) is 0 Å². The maximum atomic E-state index is 11.4. The van der Waals surface area contributed by atoms with Crippen molar-refractivity contribution in [2.75, 3.05) is 5.32 Å². The van der Waals surface area contributed by atoms with Gasteiger partial charge in [-0.25, -0.2) is 4.79 Å². The smallest absolute Gasteiger partial charge is 0.319 e. The number of primary amides is 1. The topological polar surface area (TPSA) is 84.2 Å². The number of hydrogen-bond donors (Lipinski definition) is 3. The number of benzene rings is 1. The summed E-state index contributed by atoms with van der Waals surface area (Å²) in [5.74, 6) is -0.437. The van der Waals surface area contributed by atoms with Crippen molar-refractivity contribution in [3.63, 3.8) is 0 Å². The highest BCUT2D eigenvalue weighted by Crippen LogP contribution is 2.04. The molecule has 0 spiro atoms. The minimum absolute atomic E-state index is 0.127. The summed E-state index contributed by atoms with van der Waals surface area (Å²) in [6, 6.07) is 8.43. The molecular weight excluding hydrogens is 206 g/mol. The largest absolute Gasteiger partial charge is 0.370 e. The molecule has 0 heterocycles. The molecule has 5 nitrogen and oxygen atoms in total. The van der Waals surface area contributed by atoms with Crippen LogP contribution in [-0.4, -0.2) is 18.0 Å². The Hall–Kier alpha value is -2.04. The lowest BCUT2D eigenvalue weighted by Crippen LogP contribution is -2.38. The minimum atomic E-state index is -0.437. The van der Waals surface area contributed by atoms with Crippen LogP contribution in [-0.2, 0) is 4.79 Å². The Morgan fingerprint density at radius 2 is 1.94 bits per heavy atom. The van der Waals surface area contributed by atoms with Crippen LogP contribution in [0.5, 0.6) is 0 Å². The number of amides is 3. The number of para-hydroxylation sites is 1.